The van der Waals surface area contributed by atoms with Gasteiger partial charge in [-0.2, -0.15) is 0 Å². The van der Waals surface area contributed by atoms with E-state index in [1.807, 2.05) is 13.8 Å². The zero-order valence-corrected chi connectivity index (χ0v) is 14.5. The molecule has 0 aliphatic carbocycles. The first-order chi connectivity index (χ1) is 11.5. The number of hydrogen-bond donors (Lipinski definition) is 3. The van der Waals surface area contributed by atoms with E-state index in [1.165, 1.54) is 0 Å². The van der Waals surface area contributed by atoms with Crippen molar-refractivity contribution in [3.8, 4) is 0 Å². The number of urea groups is 1. The Balaban J connectivity index is 1.92. The Kier molecular flexibility index (Phi) is 6.84. The third-order valence-electron chi connectivity index (χ3n) is 3.27. The predicted octanol–water partition coefficient (Wildman–Crippen LogP) is 2.02. The highest BCUT2D eigenvalue weighted by atomic mass is 35.5. The lowest BCUT2D eigenvalue weighted by atomic mass is 10.1. The summed E-state index contributed by atoms with van der Waals surface area (Å²) in [4.78, 5) is 24.0. The molecule has 2 rings (SSSR count). The molecule has 0 saturated carbocycles. The third-order valence-corrected chi connectivity index (χ3v) is 3.60. The minimum atomic E-state index is -0.424. The summed E-state index contributed by atoms with van der Waals surface area (Å²) in [5, 5.41) is 8.47. The maximum Gasteiger partial charge on any atom is 0.319 e. The van der Waals surface area contributed by atoms with Crippen LogP contribution in [-0.2, 0) is 9.47 Å². The van der Waals surface area contributed by atoms with Gasteiger partial charge in [0.1, 0.15) is 0 Å². The molecule has 0 aromatic heterocycles. The van der Waals surface area contributed by atoms with Crippen LogP contribution in [0.4, 0.5) is 10.5 Å². The van der Waals surface area contributed by atoms with E-state index in [0.717, 1.165) is 0 Å². The SMILES string of the molecule is CC(C)NC(=O)c1ccc(Cl)c(NC(=O)NC[C@@H]2COCCO2)c1. The van der Waals surface area contributed by atoms with Gasteiger partial charge in [-0.1, -0.05) is 11.6 Å². The lowest BCUT2D eigenvalue weighted by molar-refractivity contribution is -0.0852. The fourth-order valence-corrected chi connectivity index (χ4v) is 2.30. The molecule has 0 spiro atoms. The molecule has 1 aliphatic rings. The number of ether oxygens (including phenoxy) is 2. The second kappa shape index (κ2) is 8.86. The fraction of sp³-hybridized carbons (Fsp3) is 0.500. The van der Waals surface area contributed by atoms with Crippen LogP contribution in [0.15, 0.2) is 18.2 Å². The molecule has 0 unspecified atom stereocenters. The van der Waals surface area contributed by atoms with E-state index < -0.39 is 6.03 Å². The van der Waals surface area contributed by atoms with Gasteiger partial charge in [0, 0.05) is 18.2 Å². The number of hydrogen-bond acceptors (Lipinski definition) is 4. The van der Waals surface area contributed by atoms with Gasteiger partial charge in [-0.05, 0) is 32.0 Å². The van der Waals surface area contributed by atoms with Gasteiger partial charge in [0.05, 0.1) is 36.6 Å². The summed E-state index contributed by atoms with van der Waals surface area (Å²) in [6.07, 6.45) is -0.164. The highest BCUT2D eigenvalue weighted by molar-refractivity contribution is 6.33. The molecular formula is C16H22ClN3O4. The van der Waals surface area contributed by atoms with E-state index in [4.69, 9.17) is 21.1 Å². The Bertz CT molecular complexity index is 589. The fourth-order valence-electron chi connectivity index (χ4n) is 2.14. The van der Waals surface area contributed by atoms with E-state index in [2.05, 4.69) is 16.0 Å². The Morgan fingerprint density at radius 2 is 2.12 bits per heavy atom. The van der Waals surface area contributed by atoms with Crippen LogP contribution in [0.5, 0.6) is 0 Å². The van der Waals surface area contributed by atoms with Gasteiger partial charge in [0.25, 0.3) is 5.91 Å². The lowest BCUT2D eigenvalue weighted by Gasteiger charge is -2.23. The van der Waals surface area contributed by atoms with Crippen LogP contribution in [0.1, 0.15) is 24.2 Å². The van der Waals surface area contributed by atoms with Crippen molar-refractivity contribution in [3.05, 3.63) is 28.8 Å². The van der Waals surface area contributed by atoms with Gasteiger partial charge >= 0.3 is 6.03 Å². The summed E-state index contributed by atoms with van der Waals surface area (Å²) >= 11 is 6.08. The quantitative estimate of drug-likeness (QED) is 0.754. The summed E-state index contributed by atoms with van der Waals surface area (Å²) in [5.74, 6) is -0.224. The standard InChI is InChI=1S/C16H22ClN3O4/c1-10(2)19-15(21)11-3-4-13(17)14(7-11)20-16(22)18-8-12-9-23-5-6-24-12/h3-4,7,10,12H,5-6,8-9H2,1-2H3,(H,19,21)(H2,18,20,22)/t12-/m1/s1. The lowest BCUT2D eigenvalue weighted by Crippen LogP contribution is -2.41. The average Bonchev–Trinajstić information content (AvgIpc) is 2.55. The van der Waals surface area contributed by atoms with Gasteiger partial charge < -0.3 is 25.4 Å². The van der Waals surface area contributed by atoms with Crippen molar-refractivity contribution >= 4 is 29.2 Å². The molecule has 1 saturated heterocycles. The molecule has 0 bridgehead atoms. The normalized spacial score (nSPS) is 17.4. The van der Waals surface area contributed by atoms with E-state index in [0.29, 0.717) is 42.6 Å². The Morgan fingerprint density at radius 1 is 1.33 bits per heavy atom. The molecule has 24 heavy (non-hydrogen) atoms. The first-order valence-corrected chi connectivity index (χ1v) is 8.18. The monoisotopic (exact) mass is 355 g/mol. The highest BCUT2D eigenvalue weighted by Gasteiger charge is 2.16. The van der Waals surface area contributed by atoms with E-state index >= 15 is 0 Å². The van der Waals surface area contributed by atoms with Crippen molar-refractivity contribution in [1.29, 1.82) is 0 Å². The number of amides is 3. The van der Waals surface area contributed by atoms with Crippen LogP contribution < -0.4 is 16.0 Å². The number of nitrogens with one attached hydrogen (secondary N) is 3. The summed E-state index contributed by atoms with van der Waals surface area (Å²) in [5.41, 5.74) is 0.791. The second-order valence-corrected chi connectivity index (χ2v) is 6.13. The molecular weight excluding hydrogens is 334 g/mol. The van der Waals surface area contributed by atoms with Gasteiger partial charge in [-0.3, -0.25) is 4.79 Å². The first kappa shape index (κ1) is 18.5. The molecule has 8 heteroatoms. The molecule has 3 amide bonds. The molecule has 1 aliphatic heterocycles. The zero-order valence-electron chi connectivity index (χ0n) is 13.7. The van der Waals surface area contributed by atoms with Crippen molar-refractivity contribution in [2.45, 2.75) is 26.0 Å². The number of carbonyl (C=O) groups excluding carboxylic acids is 2. The van der Waals surface area contributed by atoms with Crippen LogP contribution in [0, 0.1) is 0 Å². The molecule has 1 aromatic carbocycles. The van der Waals surface area contributed by atoms with Crippen LogP contribution in [0.3, 0.4) is 0 Å². The van der Waals surface area contributed by atoms with Gasteiger partial charge in [0.2, 0.25) is 0 Å². The van der Waals surface area contributed by atoms with E-state index in [9.17, 15) is 9.59 Å². The summed E-state index contributed by atoms with van der Waals surface area (Å²) in [7, 11) is 0. The van der Waals surface area contributed by atoms with Crippen molar-refractivity contribution in [1.82, 2.24) is 10.6 Å². The molecule has 0 radical (unpaired) electrons. The van der Waals surface area contributed by atoms with Crippen molar-refractivity contribution < 1.29 is 19.1 Å². The number of benzene rings is 1. The maximum atomic E-state index is 12.0. The highest BCUT2D eigenvalue weighted by Crippen LogP contribution is 2.23. The Hall–Kier alpha value is -1.83. The topological polar surface area (TPSA) is 88.7 Å². The number of carbonyl (C=O) groups is 2. The molecule has 1 atom stereocenters. The second-order valence-electron chi connectivity index (χ2n) is 5.73. The van der Waals surface area contributed by atoms with Gasteiger partial charge in [-0.25, -0.2) is 4.79 Å². The minimum Gasteiger partial charge on any atom is -0.376 e. The number of anilines is 1. The maximum absolute atomic E-state index is 12.0. The largest absolute Gasteiger partial charge is 0.376 e. The van der Waals surface area contributed by atoms with Gasteiger partial charge in [0.15, 0.2) is 0 Å². The minimum absolute atomic E-state index is 0.0191. The molecule has 3 N–H and O–H groups in total. The Morgan fingerprint density at radius 3 is 2.79 bits per heavy atom. The van der Waals surface area contributed by atoms with Crippen molar-refractivity contribution in [3.63, 3.8) is 0 Å². The average molecular weight is 356 g/mol. The van der Waals surface area contributed by atoms with Crippen LogP contribution in [0.25, 0.3) is 0 Å². The zero-order chi connectivity index (χ0) is 17.5. The van der Waals surface area contributed by atoms with Crippen molar-refractivity contribution in [2.75, 3.05) is 31.7 Å². The van der Waals surface area contributed by atoms with Crippen LogP contribution in [0.2, 0.25) is 5.02 Å². The number of rotatable bonds is 5. The van der Waals surface area contributed by atoms with Crippen molar-refractivity contribution in [2.24, 2.45) is 0 Å². The third kappa shape index (κ3) is 5.67. The van der Waals surface area contributed by atoms with Crippen LogP contribution >= 0.6 is 11.6 Å². The number of halogens is 1. The summed E-state index contributed by atoms with van der Waals surface area (Å²) in [6.45, 7) is 5.62. The molecule has 1 aromatic rings. The molecule has 1 fully saturated rings. The Labute approximate surface area is 146 Å². The molecule has 7 nitrogen and oxygen atoms in total. The molecule has 1 heterocycles. The summed E-state index contributed by atoms with van der Waals surface area (Å²) in [6, 6.07) is 4.32. The predicted molar refractivity (Wildman–Crippen MR) is 91.6 cm³/mol. The smallest absolute Gasteiger partial charge is 0.319 e. The van der Waals surface area contributed by atoms with Gasteiger partial charge in [-0.15, -0.1) is 0 Å². The van der Waals surface area contributed by atoms with E-state index in [1.54, 1.807) is 18.2 Å². The van der Waals surface area contributed by atoms with Crippen LogP contribution in [-0.4, -0.2) is 50.4 Å². The summed E-state index contributed by atoms with van der Waals surface area (Å²) < 4.78 is 10.7. The molecule has 132 valence electrons. The van der Waals surface area contributed by atoms with E-state index in [-0.39, 0.29) is 18.1 Å². The first-order valence-electron chi connectivity index (χ1n) is 7.80.